The molecule has 0 heterocycles. The monoisotopic (exact) mass is 299 g/mol. The maximum absolute atomic E-state index is 12.2. The largest absolute Gasteiger partial charge is 0.496 e. The molecule has 6 heteroatoms. The maximum Gasteiger partial charge on any atom is 0.240 e. The molecule has 1 aromatic rings. The summed E-state index contributed by atoms with van der Waals surface area (Å²) in [7, 11) is -2.05. The molecule has 112 valence electrons. The van der Waals surface area contributed by atoms with Crippen LogP contribution in [0.25, 0.3) is 0 Å². The second-order valence-corrected chi connectivity index (χ2v) is 7.15. The lowest BCUT2D eigenvalue weighted by Crippen LogP contribution is -2.40. The van der Waals surface area contributed by atoms with E-state index in [0.717, 1.165) is 18.4 Å². The molecule has 0 aromatic heterocycles. The lowest BCUT2D eigenvalue weighted by atomic mass is 10.0. The van der Waals surface area contributed by atoms with E-state index in [2.05, 4.69) is 4.72 Å². The summed E-state index contributed by atoms with van der Waals surface area (Å²) in [6, 6.07) is 4.71. The van der Waals surface area contributed by atoms with Crippen LogP contribution in [0.15, 0.2) is 23.1 Å². The Kier molecular flexibility index (Phi) is 4.36. The number of sulfonamides is 1. The topological polar surface area (TPSA) is 75.6 Å². The molecule has 2 rings (SSSR count). The fourth-order valence-corrected chi connectivity index (χ4v) is 3.75. The molecule has 0 unspecified atom stereocenters. The van der Waals surface area contributed by atoms with Crippen molar-refractivity contribution in [1.82, 2.24) is 4.72 Å². The Morgan fingerprint density at radius 2 is 2.00 bits per heavy atom. The van der Waals surface area contributed by atoms with Gasteiger partial charge in [0.15, 0.2) is 0 Å². The molecule has 0 radical (unpaired) electrons. The molecule has 1 saturated carbocycles. The minimum atomic E-state index is -3.60. The molecule has 0 aliphatic heterocycles. The van der Waals surface area contributed by atoms with Crippen LogP contribution in [0.3, 0.4) is 0 Å². The molecule has 20 heavy (non-hydrogen) atoms. The van der Waals surface area contributed by atoms with Gasteiger partial charge in [0.05, 0.1) is 17.6 Å². The Balaban J connectivity index is 2.12. The van der Waals surface area contributed by atoms with E-state index < -0.39 is 15.6 Å². The SMILES string of the molecule is COc1ccc(S(=O)(=O)NCC2(O)CCCC2)cc1C. The van der Waals surface area contributed by atoms with Gasteiger partial charge in [0.2, 0.25) is 10.0 Å². The van der Waals surface area contributed by atoms with Gasteiger partial charge in [-0.15, -0.1) is 0 Å². The first kappa shape index (κ1) is 15.3. The van der Waals surface area contributed by atoms with E-state index in [0.29, 0.717) is 18.6 Å². The fourth-order valence-electron chi connectivity index (χ4n) is 2.54. The summed E-state index contributed by atoms with van der Waals surface area (Å²) >= 11 is 0. The number of hydrogen-bond acceptors (Lipinski definition) is 4. The van der Waals surface area contributed by atoms with Crippen molar-refractivity contribution in [1.29, 1.82) is 0 Å². The molecule has 1 fully saturated rings. The number of ether oxygens (including phenoxy) is 1. The van der Waals surface area contributed by atoms with Gasteiger partial charge < -0.3 is 9.84 Å². The fraction of sp³-hybridized carbons (Fsp3) is 0.571. The van der Waals surface area contributed by atoms with Gasteiger partial charge >= 0.3 is 0 Å². The van der Waals surface area contributed by atoms with Crippen molar-refractivity contribution in [2.24, 2.45) is 0 Å². The van der Waals surface area contributed by atoms with E-state index in [1.807, 2.05) is 0 Å². The second kappa shape index (κ2) is 5.71. The molecule has 0 spiro atoms. The molecule has 0 atom stereocenters. The third-order valence-electron chi connectivity index (χ3n) is 3.80. The zero-order valence-electron chi connectivity index (χ0n) is 11.8. The Morgan fingerprint density at radius 3 is 2.55 bits per heavy atom. The number of rotatable bonds is 5. The summed E-state index contributed by atoms with van der Waals surface area (Å²) in [6.07, 6.45) is 3.19. The van der Waals surface area contributed by atoms with E-state index >= 15 is 0 Å². The molecule has 0 amide bonds. The third-order valence-corrected chi connectivity index (χ3v) is 5.20. The zero-order valence-corrected chi connectivity index (χ0v) is 12.7. The van der Waals surface area contributed by atoms with E-state index in [1.54, 1.807) is 26.2 Å². The average molecular weight is 299 g/mol. The number of aliphatic hydroxyl groups is 1. The summed E-state index contributed by atoms with van der Waals surface area (Å²) < 4.78 is 32.1. The van der Waals surface area contributed by atoms with Crippen LogP contribution in [0.5, 0.6) is 5.75 Å². The van der Waals surface area contributed by atoms with Crippen LogP contribution in [0.1, 0.15) is 31.2 Å². The number of nitrogens with one attached hydrogen (secondary N) is 1. The van der Waals surface area contributed by atoms with Gasteiger partial charge in [0, 0.05) is 6.54 Å². The molecule has 0 bridgehead atoms. The first-order valence-electron chi connectivity index (χ1n) is 6.73. The predicted octanol–water partition coefficient (Wildman–Crippen LogP) is 1.59. The van der Waals surface area contributed by atoms with Crippen LogP contribution >= 0.6 is 0 Å². The lowest BCUT2D eigenvalue weighted by Gasteiger charge is -2.22. The Morgan fingerprint density at radius 1 is 1.35 bits per heavy atom. The van der Waals surface area contributed by atoms with Gasteiger partial charge in [0.25, 0.3) is 0 Å². The standard InChI is InChI=1S/C14H21NO4S/c1-11-9-12(5-6-13(11)19-2)20(17,18)15-10-14(16)7-3-4-8-14/h5-6,9,15-16H,3-4,7-8,10H2,1-2H3. The number of methoxy groups -OCH3 is 1. The van der Waals surface area contributed by atoms with Crippen LogP contribution in [0.2, 0.25) is 0 Å². The van der Waals surface area contributed by atoms with Crippen molar-refractivity contribution in [2.45, 2.75) is 43.1 Å². The smallest absolute Gasteiger partial charge is 0.240 e. The van der Waals surface area contributed by atoms with Crippen LogP contribution in [0, 0.1) is 6.92 Å². The molecule has 1 aliphatic carbocycles. The second-order valence-electron chi connectivity index (χ2n) is 5.39. The summed E-state index contributed by atoms with van der Waals surface area (Å²) in [4.78, 5) is 0.192. The van der Waals surface area contributed by atoms with Crippen molar-refractivity contribution >= 4 is 10.0 Å². The number of hydrogen-bond donors (Lipinski definition) is 2. The summed E-state index contributed by atoms with van der Waals surface area (Å²) in [5.41, 5.74) is -0.135. The van der Waals surface area contributed by atoms with Crippen molar-refractivity contribution in [3.8, 4) is 5.75 Å². The van der Waals surface area contributed by atoms with E-state index in [-0.39, 0.29) is 11.4 Å². The predicted molar refractivity (Wildman–Crippen MR) is 76.3 cm³/mol. The first-order valence-corrected chi connectivity index (χ1v) is 8.21. The molecule has 1 aromatic carbocycles. The van der Waals surface area contributed by atoms with E-state index in [9.17, 15) is 13.5 Å². The quantitative estimate of drug-likeness (QED) is 0.865. The number of benzene rings is 1. The summed E-state index contributed by atoms with van der Waals surface area (Å²) in [5.74, 6) is 0.651. The minimum Gasteiger partial charge on any atom is -0.496 e. The maximum atomic E-state index is 12.2. The van der Waals surface area contributed by atoms with Crippen molar-refractivity contribution < 1.29 is 18.3 Å². The van der Waals surface area contributed by atoms with E-state index in [1.165, 1.54) is 6.07 Å². The van der Waals surface area contributed by atoms with Gasteiger partial charge in [-0.2, -0.15) is 0 Å². The molecule has 1 aliphatic rings. The first-order chi connectivity index (χ1) is 9.36. The molecular weight excluding hydrogens is 278 g/mol. The molecule has 5 nitrogen and oxygen atoms in total. The van der Waals surface area contributed by atoms with Gasteiger partial charge in [0.1, 0.15) is 5.75 Å². The van der Waals surface area contributed by atoms with Crippen LogP contribution < -0.4 is 9.46 Å². The lowest BCUT2D eigenvalue weighted by molar-refractivity contribution is 0.0532. The van der Waals surface area contributed by atoms with Crippen molar-refractivity contribution in [2.75, 3.05) is 13.7 Å². The Labute approximate surface area is 120 Å². The number of aryl methyl sites for hydroxylation is 1. The highest BCUT2D eigenvalue weighted by Gasteiger charge is 2.32. The Bertz CT molecular complexity index is 577. The molecule has 0 saturated heterocycles. The highest BCUT2D eigenvalue weighted by Crippen LogP contribution is 2.29. The van der Waals surface area contributed by atoms with Crippen LogP contribution in [0.4, 0.5) is 0 Å². The van der Waals surface area contributed by atoms with Crippen molar-refractivity contribution in [3.63, 3.8) is 0 Å². The van der Waals surface area contributed by atoms with Crippen molar-refractivity contribution in [3.05, 3.63) is 23.8 Å². The van der Waals surface area contributed by atoms with Crippen LogP contribution in [-0.4, -0.2) is 32.8 Å². The summed E-state index contributed by atoms with van der Waals surface area (Å²) in [5, 5.41) is 10.2. The highest BCUT2D eigenvalue weighted by molar-refractivity contribution is 7.89. The average Bonchev–Trinajstić information content (AvgIpc) is 2.84. The molecular formula is C14H21NO4S. The van der Waals surface area contributed by atoms with Gasteiger partial charge in [-0.1, -0.05) is 12.8 Å². The van der Waals surface area contributed by atoms with E-state index in [4.69, 9.17) is 4.74 Å². The van der Waals surface area contributed by atoms with Gasteiger partial charge in [-0.3, -0.25) is 0 Å². The normalized spacial score (nSPS) is 18.1. The van der Waals surface area contributed by atoms with Gasteiger partial charge in [-0.05, 0) is 43.5 Å². The molecule has 2 N–H and O–H groups in total. The van der Waals surface area contributed by atoms with Crippen LogP contribution in [-0.2, 0) is 10.0 Å². The third kappa shape index (κ3) is 3.31. The highest BCUT2D eigenvalue weighted by atomic mass is 32.2. The Hall–Kier alpha value is -1.11. The summed E-state index contributed by atoms with van der Waals surface area (Å²) in [6.45, 7) is 1.86. The zero-order chi connectivity index (χ0) is 14.8. The van der Waals surface area contributed by atoms with Gasteiger partial charge in [-0.25, -0.2) is 13.1 Å². The minimum absolute atomic E-state index is 0.0699.